The van der Waals surface area contributed by atoms with E-state index in [9.17, 15) is 4.79 Å². The Morgan fingerprint density at radius 3 is 3.00 bits per heavy atom. The third-order valence-corrected chi connectivity index (χ3v) is 4.21. The monoisotopic (exact) mass is 178 g/mol. The Labute approximate surface area is 80.2 Å². The lowest BCUT2D eigenvalue weighted by molar-refractivity contribution is -0.118. The molecule has 1 heteroatoms. The van der Waals surface area contributed by atoms with Gasteiger partial charge in [0.25, 0.3) is 0 Å². The van der Waals surface area contributed by atoms with Crippen LogP contribution in [-0.4, -0.2) is 5.78 Å². The van der Waals surface area contributed by atoms with Gasteiger partial charge in [-0.1, -0.05) is 26.3 Å². The number of fused-ring (bicyclic) bond motifs is 1. The second-order valence-corrected chi connectivity index (χ2v) is 4.90. The van der Waals surface area contributed by atoms with E-state index in [4.69, 9.17) is 0 Å². The predicted octanol–water partition coefficient (Wildman–Crippen LogP) is 2.96. The Morgan fingerprint density at radius 1 is 1.46 bits per heavy atom. The molecule has 2 aliphatic rings. The Bertz CT molecular complexity index is 254. The van der Waals surface area contributed by atoms with Gasteiger partial charge in [-0.25, -0.2) is 0 Å². The summed E-state index contributed by atoms with van der Waals surface area (Å²) in [5.74, 6) is 1.70. The Kier molecular flexibility index (Phi) is 2.05. The molecule has 0 heterocycles. The van der Waals surface area contributed by atoms with Crippen LogP contribution >= 0.6 is 0 Å². The van der Waals surface area contributed by atoms with Gasteiger partial charge in [-0.15, -0.1) is 0 Å². The van der Waals surface area contributed by atoms with E-state index in [1.165, 1.54) is 19.3 Å². The topological polar surface area (TPSA) is 17.1 Å². The van der Waals surface area contributed by atoms with Crippen molar-refractivity contribution in [2.75, 3.05) is 0 Å². The van der Waals surface area contributed by atoms with Crippen LogP contribution in [-0.2, 0) is 4.79 Å². The van der Waals surface area contributed by atoms with Gasteiger partial charge in [-0.3, -0.25) is 4.79 Å². The summed E-state index contributed by atoms with van der Waals surface area (Å²) in [6.45, 7) is 4.65. The first-order chi connectivity index (χ1) is 6.13. The second kappa shape index (κ2) is 2.97. The Balaban J connectivity index is 2.30. The van der Waals surface area contributed by atoms with Gasteiger partial charge < -0.3 is 0 Å². The highest BCUT2D eigenvalue weighted by molar-refractivity contribution is 5.91. The smallest absolute Gasteiger partial charge is 0.155 e. The first-order valence-electron chi connectivity index (χ1n) is 5.35. The third-order valence-electron chi connectivity index (χ3n) is 4.21. The van der Waals surface area contributed by atoms with Crippen LogP contribution in [0.3, 0.4) is 0 Å². The number of rotatable bonds is 0. The van der Waals surface area contributed by atoms with Gasteiger partial charge in [0.05, 0.1) is 0 Å². The lowest BCUT2D eigenvalue weighted by Gasteiger charge is -2.46. The zero-order valence-electron chi connectivity index (χ0n) is 8.55. The average Bonchev–Trinajstić information content (AvgIpc) is 2.09. The van der Waals surface area contributed by atoms with Gasteiger partial charge in [-0.2, -0.15) is 0 Å². The number of hydrogen-bond donors (Lipinski definition) is 0. The Hall–Kier alpha value is -0.590. The molecule has 0 aromatic heterocycles. The van der Waals surface area contributed by atoms with Gasteiger partial charge in [0.2, 0.25) is 0 Å². The predicted molar refractivity (Wildman–Crippen MR) is 53.4 cm³/mol. The number of allylic oxidation sites excluding steroid dienone is 2. The summed E-state index contributed by atoms with van der Waals surface area (Å²) in [4.78, 5) is 11.3. The van der Waals surface area contributed by atoms with Crippen LogP contribution < -0.4 is 0 Å². The van der Waals surface area contributed by atoms with E-state index < -0.39 is 0 Å². The van der Waals surface area contributed by atoms with Gasteiger partial charge in [0.15, 0.2) is 5.78 Å². The van der Waals surface area contributed by atoms with Gasteiger partial charge in [-0.05, 0) is 36.2 Å². The molecule has 1 saturated carbocycles. The molecule has 0 radical (unpaired) electrons. The lowest BCUT2D eigenvalue weighted by Crippen LogP contribution is -2.39. The first-order valence-corrected chi connectivity index (χ1v) is 5.35. The van der Waals surface area contributed by atoms with Gasteiger partial charge in [0, 0.05) is 6.42 Å². The summed E-state index contributed by atoms with van der Waals surface area (Å²) in [6.07, 6.45) is 8.65. The fraction of sp³-hybridized carbons (Fsp3) is 0.750. The van der Waals surface area contributed by atoms with Gasteiger partial charge >= 0.3 is 0 Å². The molecule has 0 aromatic rings. The standard InChI is InChI=1S/C12H18O/c1-9-4-3-5-10-8-11(13)6-7-12(9,10)2/h6-7,9-10H,3-5,8H2,1-2H3/t9-,10-,12-/m1/s1. The van der Waals surface area contributed by atoms with Crippen molar-refractivity contribution in [2.24, 2.45) is 17.3 Å². The minimum Gasteiger partial charge on any atom is -0.295 e. The zero-order chi connectivity index (χ0) is 9.47. The third kappa shape index (κ3) is 1.34. The van der Waals surface area contributed by atoms with Crippen molar-refractivity contribution in [3.8, 4) is 0 Å². The maximum absolute atomic E-state index is 11.3. The van der Waals surface area contributed by atoms with E-state index in [0.29, 0.717) is 17.1 Å². The molecular weight excluding hydrogens is 160 g/mol. The molecule has 2 aliphatic carbocycles. The quantitative estimate of drug-likeness (QED) is 0.557. The summed E-state index contributed by atoms with van der Waals surface area (Å²) in [5.41, 5.74) is 0.312. The number of carbonyl (C=O) groups is 1. The van der Waals surface area contributed by atoms with Crippen molar-refractivity contribution in [2.45, 2.75) is 39.5 Å². The van der Waals surface area contributed by atoms with Crippen molar-refractivity contribution in [1.29, 1.82) is 0 Å². The van der Waals surface area contributed by atoms with Crippen LogP contribution in [0.15, 0.2) is 12.2 Å². The highest BCUT2D eigenvalue weighted by Crippen LogP contribution is 2.49. The van der Waals surface area contributed by atoms with E-state index in [0.717, 1.165) is 12.3 Å². The minimum atomic E-state index is 0.312. The van der Waals surface area contributed by atoms with Crippen LogP contribution in [0.25, 0.3) is 0 Å². The van der Waals surface area contributed by atoms with Crippen LogP contribution in [0.1, 0.15) is 39.5 Å². The van der Waals surface area contributed by atoms with Crippen LogP contribution in [0.2, 0.25) is 0 Å². The molecule has 1 nitrogen and oxygen atoms in total. The summed E-state index contributed by atoms with van der Waals surface area (Å²) in [7, 11) is 0. The molecule has 13 heavy (non-hydrogen) atoms. The molecule has 0 amide bonds. The molecular formula is C12H18O. The van der Waals surface area contributed by atoms with Crippen LogP contribution in [0, 0.1) is 17.3 Å². The van der Waals surface area contributed by atoms with Crippen molar-refractivity contribution in [3.63, 3.8) is 0 Å². The first kappa shape index (κ1) is 8.98. The molecule has 0 spiro atoms. The molecule has 0 aliphatic heterocycles. The molecule has 0 unspecified atom stereocenters. The van der Waals surface area contributed by atoms with Gasteiger partial charge in [0.1, 0.15) is 0 Å². The number of hydrogen-bond acceptors (Lipinski definition) is 1. The van der Waals surface area contributed by atoms with E-state index in [-0.39, 0.29) is 0 Å². The van der Waals surface area contributed by atoms with Crippen LogP contribution in [0.4, 0.5) is 0 Å². The SMILES string of the molecule is C[C@@H]1CCC[C@@H]2CC(=O)C=C[C@@]21C. The fourth-order valence-corrected chi connectivity index (χ4v) is 2.90. The van der Waals surface area contributed by atoms with E-state index in [1.807, 2.05) is 0 Å². The van der Waals surface area contributed by atoms with Crippen molar-refractivity contribution < 1.29 is 4.79 Å². The minimum absolute atomic E-state index is 0.312. The number of ketones is 1. The molecule has 3 atom stereocenters. The lowest BCUT2D eigenvalue weighted by atomic mass is 9.58. The van der Waals surface area contributed by atoms with Crippen molar-refractivity contribution in [3.05, 3.63) is 12.2 Å². The van der Waals surface area contributed by atoms with Crippen molar-refractivity contribution >= 4 is 5.78 Å². The maximum atomic E-state index is 11.3. The second-order valence-electron chi connectivity index (χ2n) is 4.90. The molecule has 2 rings (SSSR count). The Morgan fingerprint density at radius 2 is 2.23 bits per heavy atom. The van der Waals surface area contributed by atoms with E-state index in [2.05, 4.69) is 19.9 Å². The largest absolute Gasteiger partial charge is 0.295 e. The van der Waals surface area contributed by atoms with E-state index in [1.54, 1.807) is 6.08 Å². The maximum Gasteiger partial charge on any atom is 0.155 e. The average molecular weight is 178 g/mol. The fourth-order valence-electron chi connectivity index (χ4n) is 2.90. The molecule has 0 N–H and O–H groups in total. The molecule has 1 fully saturated rings. The molecule has 0 bridgehead atoms. The summed E-state index contributed by atoms with van der Waals surface area (Å²) >= 11 is 0. The summed E-state index contributed by atoms with van der Waals surface area (Å²) in [5, 5.41) is 0. The highest BCUT2D eigenvalue weighted by atomic mass is 16.1. The molecule has 72 valence electrons. The molecule has 0 saturated heterocycles. The molecule has 0 aromatic carbocycles. The summed E-state index contributed by atoms with van der Waals surface area (Å²) < 4.78 is 0. The normalized spacial score (nSPS) is 44.6. The van der Waals surface area contributed by atoms with E-state index >= 15 is 0 Å². The number of carbonyl (C=O) groups excluding carboxylic acids is 1. The van der Waals surface area contributed by atoms with Crippen molar-refractivity contribution in [1.82, 2.24) is 0 Å². The highest BCUT2D eigenvalue weighted by Gasteiger charge is 2.42. The van der Waals surface area contributed by atoms with Crippen LogP contribution in [0.5, 0.6) is 0 Å². The zero-order valence-corrected chi connectivity index (χ0v) is 8.55. The summed E-state index contributed by atoms with van der Waals surface area (Å²) in [6, 6.07) is 0.